The highest BCUT2D eigenvalue weighted by molar-refractivity contribution is 7.80. The first-order valence-corrected chi connectivity index (χ1v) is 10.3. The number of nitrogens with zero attached hydrogens (tertiary/aromatic N) is 2. The van der Waals surface area contributed by atoms with E-state index in [4.69, 9.17) is 12.2 Å². The number of anilines is 2. The molecule has 0 aromatic heterocycles. The van der Waals surface area contributed by atoms with Crippen LogP contribution in [0.1, 0.15) is 29.5 Å². The molecule has 2 aliphatic heterocycles. The Labute approximate surface area is 180 Å². The summed E-state index contributed by atoms with van der Waals surface area (Å²) in [5, 5.41) is 2.59. The maximum Gasteiger partial charge on any atom is 0.270 e. The predicted octanol–water partition coefficient (Wildman–Crippen LogP) is 3.87. The number of hydrogen-bond donors (Lipinski definition) is 1. The molecule has 0 aliphatic carbocycles. The van der Waals surface area contributed by atoms with Crippen LogP contribution in [0, 0.1) is 19.7 Å². The number of benzene rings is 2. The van der Waals surface area contributed by atoms with E-state index in [1.807, 2.05) is 36.9 Å². The van der Waals surface area contributed by atoms with Gasteiger partial charge in [-0.3, -0.25) is 19.8 Å². The molecular formula is C23H22FN3O2S. The second kappa shape index (κ2) is 7.99. The third kappa shape index (κ3) is 3.73. The Hall–Kier alpha value is -3.06. The smallest absolute Gasteiger partial charge is 0.270 e. The summed E-state index contributed by atoms with van der Waals surface area (Å²) < 4.78 is 14.8. The number of carbonyl (C=O) groups is 2. The second-order valence-corrected chi connectivity index (χ2v) is 8.04. The van der Waals surface area contributed by atoms with Gasteiger partial charge in [-0.1, -0.05) is 12.1 Å². The molecule has 0 bridgehead atoms. The van der Waals surface area contributed by atoms with Gasteiger partial charge in [0.2, 0.25) is 0 Å². The molecule has 0 spiro atoms. The van der Waals surface area contributed by atoms with E-state index < -0.39 is 11.8 Å². The summed E-state index contributed by atoms with van der Waals surface area (Å²) in [6.45, 7) is 5.42. The maximum atomic E-state index is 14.8. The van der Waals surface area contributed by atoms with Crippen molar-refractivity contribution in [2.24, 2.45) is 0 Å². The minimum absolute atomic E-state index is 0.0278. The van der Waals surface area contributed by atoms with Crippen molar-refractivity contribution in [1.29, 1.82) is 0 Å². The summed E-state index contributed by atoms with van der Waals surface area (Å²) >= 11 is 5.23. The molecule has 30 heavy (non-hydrogen) atoms. The van der Waals surface area contributed by atoms with E-state index in [0.717, 1.165) is 37.1 Å². The predicted molar refractivity (Wildman–Crippen MR) is 120 cm³/mol. The first kappa shape index (κ1) is 20.2. The zero-order valence-electron chi connectivity index (χ0n) is 16.9. The molecule has 5 nitrogen and oxygen atoms in total. The summed E-state index contributed by atoms with van der Waals surface area (Å²) in [6, 6.07) is 10.5. The summed E-state index contributed by atoms with van der Waals surface area (Å²) in [5.41, 5.74) is 3.30. The van der Waals surface area contributed by atoms with Crippen molar-refractivity contribution in [2.45, 2.75) is 26.7 Å². The molecule has 2 aromatic rings. The maximum absolute atomic E-state index is 14.8. The Bertz CT molecular complexity index is 1090. The summed E-state index contributed by atoms with van der Waals surface area (Å²) in [5.74, 6) is -1.47. The molecule has 4 rings (SSSR count). The molecule has 0 radical (unpaired) electrons. The monoisotopic (exact) mass is 423 g/mol. The van der Waals surface area contributed by atoms with Crippen molar-refractivity contribution in [2.75, 3.05) is 22.9 Å². The van der Waals surface area contributed by atoms with Crippen LogP contribution in [0.2, 0.25) is 0 Å². The lowest BCUT2D eigenvalue weighted by atomic mass is 10.0. The number of carbonyl (C=O) groups excluding carboxylic acids is 2. The number of nitrogens with one attached hydrogen (secondary N) is 1. The third-order valence-electron chi connectivity index (χ3n) is 5.44. The average Bonchev–Trinajstić information content (AvgIpc) is 3.22. The number of hydrogen-bond acceptors (Lipinski definition) is 4. The van der Waals surface area contributed by atoms with Gasteiger partial charge < -0.3 is 4.90 Å². The molecule has 0 unspecified atom stereocenters. The van der Waals surface area contributed by atoms with Crippen molar-refractivity contribution in [3.05, 3.63) is 64.5 Å². The zero-order valence-corrected chi connectivity index (χ0v) is 17.7. The van der Waals surface area contributed by atoms with Crippen molar-refractivity contribution in [3.63, 3.8) is 0 Å². The topological polar surface area (TPSA) is 52.7 Å². The Morgan fingerprint density at radius 3 is 2.53 bits per heavy atom. The van der Waals surface area contributed by atoms with Crippen LogP contribution < -0.4 is 15.1 Å². The largest absolute Gasteiger partial charge is 0.369 e. The molecule has 2 fully saturated rings. The van der Waals surface area contributed by atoms with Gasteiger partial charge in [-0.05, 0) is 85.9 Å². The summed E-state index contributed by atoms with van der Waals surface area (Å²) in [7, 11) is 0. The van der Waals surface area contributed by atoms with E-state index in [9.17, 15) is 14.0 Å². The third-order valence-corrected chi connectivity index (χ3v) is 5.73. The lowest BCUT2D eigenvalue weighted by Gasteiger charge is -2.29. The van der Waals surface area contributed by atoms with E-state index in [-0.39, 0.29) is 16.5 Å². The average molecular weight is 424 g/mol. The number of halogens is 1. The van der Waals surface area contributed by atoms with Gasteiger partial charge in [0.05, 0.1) is 11.4 Å². The first-order chi connectivity index (χ1) is 14.3. The van der Waals surface area contributed by atoms with Crippen molar-refractivity contribution >= 4 is 46.6 Å². The number of amides is 2. The molecule has 0 saturated carbocycles. The summed E-state index contributed by atoms with van der Waals surface area (Å²) in [4.78, 5) is 29.0. The fourth-order valence-electron chi connectivity index (χ4n) is 3.85. The van der Waals surface area contributed by atoms with Crippen LogP contribution in [0.25, 0.3) is 6.08 Å². The van der Waals surface area contributed by atoms with Gasteiger partial charge in [0.15, 0.2) is 5.11 Å². The van der Waals surface area contributed by atoms with Gasteiger partial charge >= 0.3 is 0 Å². The standard InChI is InChI=1S/C23H22FN3O2S/c1-14-6-5-7-17(10-14)27-22(29)18(21(28)25-23(27)30)12-16-13-19(24)20(11-15(16)2)26-8-3-4-9-26/h5-7,10-13H,3-4,8-9H2,1-2H3,(H,25,28,30)/b18-12+. The van der Waals surface area contributed by atoms with E-state index >= 15 is 0 Å². The Morgan fingerprint density at radius 1 is 1.10 bits per heavy atom. The summed E-state index contributed by atoms with van der Waals surface area (Å²) in [6.07, 6.45) is 3.54. The minimum Gasteiger partial charge on any atom is -0.369 e. The van der Waals surface area contributed by atoms with Gasteiger partial charge in [-0.2, -0.15) is 0 Å². The van der Waals surface area contributed by atoms with Crippen LogP contribution in [0.4, 0.5) is 15.8 Å². The molecule has 2 heterocycles. The van der Waals surface area contributed by atoms with Gasteiger partial charge in [-0.25, -0.2) is 4.39 Å². The number of thiocarbonyl (C=S) groups is 1. The normalized spacial score (nSPS) is 18.4. The highest BCUT2D eigenvalue weighted by Crippen LogP contribution is 2.29. The van der Waals surface area contributed by atoms with Crippen molar-refractivity contribution in [3.8, 4) is 0 Å². The first-order valence-electron chi connectivity index (χ1n) is 9.88. The van der Waals surface area contributed by atoms with E-state index in [0.29, 0.717) is 16.9 Å². The van der Waals surface area contributed by atoms with Gasteiger partial charge in [0.25, 0.3) is 11.8 Å². The molecule has 1 N–H and O–H groups in total. The van der Waals surface area contributed by atoms with Crippen LogP contribution in [0.15, 0.2) is 42.0 Å². The lowest BCUT2D eigenvalue weighted by molar-refractivity contribution is -0.122. The van der Waals surface area contributed by atoms with Crippen LogP contribution in [-0.2, 0) is 9.59 Å². The Morgan fingerprint density at radius 2 is 1.83 bits per heavy atom. The lowest BCUT2D eigenvalue weighted by Crippen LogP contribution is -2.54. The molecule has 0 atom stereocenters. The van der Waals surface area contributed by atoms with Gasteiger partial charge in [0.1, 0.15) is 11.4 Å². The quantitative estimate of drug-likeness (QED) is 0.463. The van der Waals surface area contributed by atoms with Crippen molar-refractivity contribution in [1.82, 2.24) is 5.32 Å². The molecular weight excluding hydrogens is 401 g/mol. The Kier molecular flexibility index (Phi) is 5.39. The van der Waals surface area contributed by atoms with Crippen LogP contribution >= 0.6 is 12.2 Å². The van der Waals surface area contributed by atoms with E-state index in [1.165, 1.54) is 17.0 Å². The van der Waals surface area contributed by atoms with Crippen LogP contribution in [-0.4, -0.2) is 30.0 Å². The fraction of sp³-hybridized carbons (Fsp3) is 0.261. The van der Waals surface area contributed by atoms with Crippen LogP contribution in [0.5, 0.6) is 0 Å². The van der Waals surface area contributed by atoms with E-state index in [1.54, 1.807) is 12.1 Å². The number of aryl methyl sites for hydroxylation is 2. The SMILES string of the molecule is Cc1cccc(N2C(=O)/C(=C/c3cc(F)c(N4CCCC4)cc3C)C(=O)NC2=S)c1. The molecule has 2 amide bonds. The molecule has 154 valence electrons. The van der Waals surface area contributed by atoms with Crippen LogP contribution in [0.3, 0.4) is 0 Å². The van der Waals surface area contributed by atoms with E-state index in [2.05, 4.69) is 5.32 Å². The highest BCUT2D eigenvalue weighted by atomic mass is 32.1. The molecule has 2 aliphatic rings. The van der Waals surface area contributed by atoms with Crippen molar-refractivity contribution < 1.29 is 14.0 Å². The second-order valence-electron chi connectivity index (χ2n) is 7.65. The highest BCUT2D eigenvalue weighted by Gasteiger charge is 2.34. The number of rotatable bonds is 3. The molecule has 2 aromatic carbocycles. The zero-order chi connectivity index (χ0) is 21.4. The Balaban J connectivity index is 1.71. The molecule has 7 heteroatoms. The minimum atomic E-state index is -0.586. The van der Waals surface area contributed by atoms with Gasteiger partial charge in [0, 0.05) is 13.1 Å². The fourth-order valence-corrected chi connectivity index (χ4v) is 4.13. The molecule has 2 saturated heterocycles. The van der Waals surface area contributed by atoms with Gasteiger partial charge in [-0.15, -0.1) is 0 Å².